The Balaban J connectivity index is 1.17. The lowest BCUT2D eigenvalue weighted by Crippen LogP contribution is -2.37. The van der Waals surface area contributed by atoms with Crippen molar-refractivity contribution in [1.29, 1.82) is 0 Å². The van der Waals surface area contributed by atoms with Crippen molar-refractivity contribution in [3.8, 4) is 0 Å². The lowest BCUT2D eigenvalue weighted by atomic mass is 10.1. The number of aromatic amines is 1. The van der Waals surface area contributed by atoms with Gasteiger partial charge in [-0.3, -0.25) is 32.5 Å². The number of nitrogens with zero attached hydrogens (tertiary/aromatic N) is 7. The Morgan fingerprint density at radius 3 is 2.20 bits per heavy atom. The third-order valence-electron chi connectivity index (χ3n) is 7.36. The molecule has 0 saturated carbocycles. The standard InChI is InChI=1S/C20H23BF2N10O9P2S/c21-43(35)37-1-6-13(9(23)19(39-6)33-5-29-11-16(33)30-20(25)31-17(11)34)42-44(36,45)38-2-7-12(41-43)8(22)18(40-7)32-4-28-10-14(24)26-3-27-15(10)32/h3-9,12-13,18-19H,1-2,21H2,(H,36,45)(H2,24,26,27)(H3,25,30,31,34)/t6-,7-,8?,9?,12?,13?,18-,19-,43-,44+/m1/s1. The number of fused-ring (bicyclic) bond motifs is 4. The highest BCUT2D eigenvalue weighted by molar-refractivity contribution is 8.44. The molecule has 3 aliphatic rings. The van der Waals surface area contributed by atoms with Gasteiger partial charge in [0.2, 0.25) is 5.95 Å². The van der Waals surface area contributed by atoms with E-state index in [1.807, 2.05) is 0 Å². The van der Waals surface area contributed by atoms with Gasteiger partial charge in [-0.1, -0.05) is 12.2 Å². The molecule has 3 fully saturated rings. The summed E-state index contributed by atoms with van der Waals surface area (Å²) in [5.41, 5.74) is 10.9. The van der Waals surface area contributed by atoms with Gasteiger partial charge in [-0.25, -0.2) is 33.3 Å². The monoisotopic (exact) mass is 690 g/mol. The first-order valence-corrected chi connectivity index (χ1v) is 17.8. The maximum absolute atomic E-state index is 16.0. The van der Waals surface area contributed by atoms with Crippen LogP contribution in [-0.4, -0.2) is 96.6 Å². The van der Waals surface area contributed by atoms with Crippen molar-refractivity contribution in [3.05, 3.63) is 29.3 Å². The number of alkyl halides is 2. The first-order valence-electron chi connectivity index (χ1n) is 13.1. The molecule has 3 saturated heterocycles. The molecule has 0 aliphatic carbocycles. The number of anilines is 2. The lowest BCUT2D eigenvalue weighted by Gasteiger charge is -2.29. The summed E-state index contributed by atoms with van der Waals surface area (Å²) in [6.45, 7) is -5.70. The van der Waals surface area contributed by atoms with Gasteiger partial charge in [0.25, 0.3) is 20.6 Å². The number of imidazole rings is 2. The van der Waals surface area contributed by atoms with E-state index in [0.29, 0.717) is 0 Å². The largest absolute Gasteiger partial charge is 0.386 e. The van der Waals surface area contributed by atoms with Crippen LogP contribution in [0.5, 0.6) is 0 Å². The zero-order valence-electron chi connectivity index (χ0n) is 22.8. The van der Waals surface area contributed by atoms with E-state index in [2.05, 4.69) is 42.2 Å². The van der Waals surface area contributed by atoms with Crippen molar-refractivity contribution in [2.45, 2.75) is 49.2 Å². The lowest BCUT2D eigenvalue weighted by molar-refractivity contribution is -0.0546. The summed E-state index contributed by atoms with van der Waals surface area (Å²) < 4.78 is 94.8. The van der Waals surface area contributed by atoms with E-state index in [4.69, 9.17) is 39.0 Å². The van der Waals surface area contributed by atoms with Crippen LogP contribution in [-0.2, 0) is 36.7 Å². The summed E-state index contributed by atoms with van der Waals surface area (Å²) >= 11 is 3.98. The highest BCUT2D eigenvalue weighted by Gasteiger charge is 2.54. The second-order valence-corrected chi connectivity index (χ2v) is 15.2. The van der Waals surface area contributed by atoms with Crippen LogP contribution in [0.1, 0.15) is 12.5 Å². The molecule has 25 heteroatoms. The highest BCUT2D eigenvalue weighted by Crippen LogP contribution is 2.58. The van der Waals surface area contributed by atoms with Gasteiger partial charge in [0, 0.05) is 0 Å². The Hall–Kier alpha value is -3.01. The Bertz CT molecular complexity index is 1950. The predicted octanol–water partition coefficient (Wildman–Crippen LogP) is 0.191. The molecule has 10 atom stereocenters. The molecule has 7 heterocycles. The van der Waals surface area contributed by atoms with Crippen LogP contribution in [0.25, 0.3) is 22.3 Å². The molecule has 19 nitrogen and oxygen atoms in total. The Kier molecular flexibility index (Phi) is 7.53. The maximum Gasteiger partial charge on any atom is 0.386 e. The molecule has 5 N–H and O–H groups in total. The number of hydrogen-bond donors (Lipinski definition) is 4. The van der Waals surface area contributed by atoms with E-state index in [1.165, 1.54) is 10.9 Å². The van der Waals surface area contributed by atoms with Gasteiger partial charge in [0.15, 0.2) is 47.4 Å². The molecule has 0 radical (unpaired) electrons. The van der Waals surface area contributed by atoms with E-state index < -0.39 is 82.3 Å². The molecular weight excluding hydrogens is 667 g/mol. The van der Waals surface area contributed by atoms with Gasteiger partial charge < -0.3 is 30.0 Å². The van der Waals surface area contributed by atoms with Crippen LogP contribution in [0, 0.1) is 0 Å². The second-order valence-electron chi connectivity index (χ2n) is 10.3. The summed E-state index contributed by atoms with van der Waals surface area (Å²) in [6, 6.07) is 0. The van der Waals surface area contributed by atoms with Crippen molar-refractivity contribution in [2.75, 3.05) is 24.7 Å². The minimum absolute atomic E-state index is 0.0503. The zero-order chi connectivity index (χ0) is 31.8. The SMILES string of the molecule is B[P@@]1(=O)OC[C@H]2O[C@@H](n3cnc4c(=O)[nH]c(N)nc43)C(F)C2O[P@@](=O)(S)OC[C@H]2O[C@@H](n3cnc4c(N)ncnc43)C(F)C2O1. The summed E-state index contributed by atoms with van der Waals surface area (Å²) in [6.07, 6.45) is -9.53. The van der Waals surface area contributed by atoms with Crippen molar-refractivity contribution in [1.82, 2.24) is 39.0 Å². The molecule has 0 bridgehead atoms. The number of halogens is 2. The molecule has 0 aromatic carbocycles. The van der Waals surface area contributed by atoms with Gasteiger partial charge in [-0.2, -0.15) is 4.98 Å². The van der Waals surface area contributed by atoms with Crippen LogP contribution in [0.2, 0.25) is 0 Å². The van der Waals surface area contributed by atoms with E-state index >= 15 is 8.78 Å². The zero-order valence-corrected chi connectivity index (χ0v) is 25.5. The fourth-order valence-corrected chi connectivity index (χ4v) is 8.01. The predicted molar refractivity (Wildman–Crippen MR) is 154 cm³/mol. The van der Waals surface area contributed by atoms with Crippen molar-refractivity contribution in [3.63, 3.8) is 0 Å². The molecule has 3 aliphatic heterocycles. The summed E-state index contributed by atoms with van der Waals surface area (Å²) in [4.78, 5) is 34.5. The van der Waals surface area contributed by atoms with Crippen molar-refractivity contribution in [2.24, 2.45) is 0 Å². The molecule has 0 amide bonds. The molecular formula is C20H23BF2N10O9P2S. The average Bonchev–Trinajstić information content (AvgIpc) is 3.72. The number of nitrogens with two attached hydrogens (primary N) is 2. The first-order chi connectivity index (χ1) is 21.3. The van der Waals surface area contributed by atoms with Gasteiger partial charge in [0.1, 0.15) is 36.3 Å². The van der Waals surface area contributed by atoms with E-state index in [9.17, 15) is 13.9 Å². The average molecular weight is 690 g/mol. The Morgan fingerprint density at radius 2 is 1.51 bits per heavy atom. The molecule has 0 spiro atoms. The summed E-state index contributed by atoms with van der Waals surface area (Å²) in [5, 5.41) is 0. The maximum atomic E-state index is 16.0. The number of rotatable bonds is 2. The quantitative estimate of drug-likeness (QED) is 0.125. The van der Waals surface area contributed by atoms with E-state index in [1.54, 1.807) is 0 Å². The molecule has 7 rings (SSSR count). The van der Waals surface area contributed by atoms with Gasteiger partial charge in [-0.05, 0) is 0 Å². The van der Waals surface area contributed by atoms with Crippen LogP contribution in [0.4, 0.5) is 20.5 Å². The van der Waals surface area contributed by atoms with E-state index in [-0.39, 0.29) is 34.1 Å². The molecule has 4 aromatic rings. The normalized spacial score (nSPS) is 37.7. The Morgan fingerprint density at radius 1 is 0.911 bits per heavy atom. The summed E-state index contributed by atoms with van der Waals surface area (Å²) in [5.74, 6) is -0.208. The highest BCUT2D eigenvalue weighted by atomic mass is 32.7. The fraction of sp³-hybridized carbons (Fsp3) is 0.500. The summed E-state index contributed by atoms with van der Waals surface area (Å²) in [7, 11) is -3.04. The molecule has 45 heavy (non-hydrogen) atoms. The third kappa shape index (κ3) is 5.45. The number of hydrogen-bond acceptors (Lipinski definition) is 16. The molecule has 240 valence electrons. The fourth-order valence-electron chi connectivity index (χ4n) is 5.35. The van der Waals surface area contributed by atoms with Crippen LogP contribution >= 0.6 is 26.5 Å². The number of nitrogens with one attached hydrogen (secondary N) is 1. The second kappa shape index (κ2) is 11.1. The van der Waals surface area contributed by atoms with Gasteiger partial charge in [0.05, 0.1) is 25.9 Å². The van der Waals surface area contributed by atoms with Crippen LogP contribution < -0.4 is 17.0 Å². The minimum Gasteiger partial charge on any atom is -0.382 e. The Labute approximate surface area is 255 Å². The van der Waals surface area contributed by atoms with Crippen LogP contribution in [0.3, 0.4) is 0 Å². The number of nitrogen functional groups attached to an aromatic ring is 2. The van der Waals surface area contributed by atoms with Crippen molar-refractivity contribution < 1.29 is 45.5 Å². The molecule has 4 unspecified atom stereocenters. The molecule has 4 aromatic heterocycles. The smallest absolute Gasteiger partial charge is 0.382 e. The number of thiol groups is 1. The van der Waals surface area contributed by atoms with Crippen LogP contribution in [0.15, 0.2) is 23.8 Å². The minimum atomic E-state index is -4.42. The first kappa shape index (κ1) is 30.6. The number of ether oxygens (including phenoxy) is 2. The third-order valence-corrected chi connectivity index (χ3v) is 10.2. The number of aromatic nitrogens is 8. The van der Waals surface area contributed by atoms with Gasteiger partial charge >= 0.3 is 6.80 Å². The van der Waals surface area contributed by atoms with E-state index in [0.717, 1.165) is 24.8 Å². The van der Waals surface area contributed by atoms with Gasteiger partial charge in [-0.15, -0.1) is 0 Å². The number of H-pyrrole nitrogens is 1. The topological polar surface area (TPSA) is 249 Å². The van der Waals surface area contributed by atoms with Crippen molar-refractivity contribution >= 4 is 68.2 Å².